The molecule has 24 heavy (non-hydrogen) atoms. The average Bonchev–Trinajstić information content (AvgIpc) is 2.44. The molecule has 0 saturated carbocycles. The topological polar surface area (TPSA) is 36.9 Å². The summed E-state index contributed by atoms with van der Waals surface area (Å²) in [4.78, 5) is 6.37. The first kappa shape index (κ1) is 21.0. The summed E-state index contributed by atoms with van der Waals surface area (Å²) in [5, 5.41) is 3.22. The molecule has 0 heterocycles. The van der Waals surface area contributed by atoms with Gasteiger partial charge < -0.3 is 10.2 Å². The highest BCUT2D eigenvalue weighted by atomic mass is 19.4. The van der Waals surface area contributed by atoms with Gasteiger partial charge in [0.05, 0.1) is 11.4 Å². The van der Waals surface area contributed by atoms with E-state index in [0.717, 1.165) is 25.2 Å². The number of allylic oxidation sites excluding steroid dienone is 1. The first-order valence-electron chi connectivity index (χ1n) is 8.35. The van der Waals surface area contributed by atoms with E-state index in [1.54, 1.807) is 20.0 Å². The molecule has 3 unspecified atom stereocenters. The molecule has 0 amide bonds. The third-order valence-corrected chi connectivity index (χ3v) is 4.28. The van der Waals surface area contributed by atoms with E-state index < -0.39 is 18.0 Å². The molecule has 1 aliphatic rings. The van der Waals surface area contributed by atoms with Gasteiger partial charge in [0, 0.05) is 20.0 Å². The molecule has 0 aliphatic heterocycles. The maximum atomic E-state index is 12.7. The van der Waals surface area contributed by atoms with Crippen LogP contribution in [0.15, 0.2) is 17.1 Å². The van der Waals surface area contributed by atoms with E-state index in [0.29, 0.717) is 18.8 Å². The minimum absolute atomic E-state index is 0.486. The SMILES string of the molecule is CN=C(CCC(C)CN(C)C)NC1(C)CCC=CC1OC(F)(F)F. The van der Waals surface area contributed by atoms with E-state index in [1.807, 2.05) is 14.1 Å². The maximum Gasteiger partial charge on any atom is 0.523 e. The zero-order chi connectivity index (χ0) is 18.4. The van der Waals surface area contributed by atoms with Gasteiger partial charge in [-0.25, -0.2) is 0 Å². The lowest BCUT2D eigenvalue weighted by Crippen LogP contribution is -2.56. The van der Waals surface area contributed by atoms with Crippen molar-refractivity contribution < 1.29 is 17.9 Å². The molecule has 140 valence electrons. The molecule has 0 aromatic rings. The molecule has 0 fully saturated rings. The van der Waals surface area contributed by atoms with Crippen molar-refractivity contribution in [2.75, 3.05) is 27.7 Å². The van der Waals surface area contributed by atoms with Gasteiger partial charge in [0.2, 0.25) is 0 Å². The first-order valence-corrected chi connectivity index (χ1v) is 8.35. The molecule has 3 atom stereocenters. The molecular weight excluding hydrogens is 319 g/mol. The van der Waals surface area contributed by atoms with Crippen LogP contribution in [0.5, 0.6) is 0 Å². The molecular formula is C17H30F3N3O. The summed E-state index contributed by atoms with van der Waals surface area (Å²) in [5.74, 6) is 1.22. The molecule has 4 nitrogen and oxygen atoms in total. The minimum atomic E-state index is -4.65. The van der Waals surface area contributed by atoms with Gasteiger partial charge in [0.15, 0.2) is 0 Å². The third kappa shape index (κ3) is 7.21. The Morgan fingerprint density at radius 2 is 2.12 bits per heavy atom. The van der Waals surface area contributed by atoms with Crippen LogP contribution in [0.3, 0.4) is 0 Å². The Morgan fingerprint density at radius 1 is 1.46 bits per heavy atom. The van der Waals surface area contributed by atoms with Crippen molar-refractivity contribution in [3.8, 4) is 0 Å². The lowest BCUT2D eigenvalue weighted by molar-refractivity contribution is -0.343. The highest BCUT2D eigenvalue weighted by Crippen LogP contribution is 2.31. The molecule has 0 radical (unpaired) electrons. The van der Waals surface area contributed by atoms with Gasteiger partial charge in [-0.05, 0) is 46.2 Å². The first-order chi connectivity index (χ1) is 11.1. The predicted molar refractivity (Wildman–Crippen MR) is 91.2 cm³/mol. The molecule has 1 N–H and O–H groups in total. The van der Waals surface area contributed by atoms with Crippen molar-refractivity contribution in [3.63, 3.8) is 0 Å². The molecule has 1 rings (SSSR count). The molecule has 0 aromatic heterocycles. The lowest BCUT2D eigenvalue weighted by atomic mass is 9.84. The Labute approximate surface area is 143 Å². The van der Waals surface area contributed by atoms with E-state index in [-0.39, 0.29) is 0 Å². The van der Waals surface area contributed by atoms with E-state index in [2.05, 4.69) is 26.9 Å². The van der Waals surface area contributed by atoms with Crippen molar-refractivity contribution in [2.24, 2.45) is 10.9 Å². The number of rotatable bonds is 7. The Balaban J connectivity index is 2.69. The second-order valence-electron chi connectivity index (χ2n) is 7.07. The van der Waals surface area contributed by atoms with Gasteiger partial charge in [-0.1, -0.05) is 19.1 Å². The molecule has 0 spiro atoms. The van der Waals surface area contributed by atoms with Gasteiger partial charge >= 0.3 is 6.36 Å². The molecule has 0 aromatic carbocycles. The van der Waals surface area contributed by atoms with Crippen LogP contribution in [0.4, 0.5) is 13.2 Å². The van der Waals surface area contributed by atoms with Gasteiger partial charge in [0.25, 0.3) is 0 Å². The van der Waals surface area contributed by atoms with Crippen LogP contribution < -0.4 is 5.32 Å². The monoisotopic (exact) mass is 349 g/mol. The fourth-order valence-electron chi connectivity index (χ4n) is 3.06. The van der Waals surface area contributed by atoms with Crippen LogP contribution in [0.25, 0.3) is 0 Å². The number of amidine groups is 1. The Morgan fingerprint density at radius 3 is 2.67 bits per heavy atom. The van der Waals surface area contributed by atoms with Gasteiger partial charge in [-0.15, -0.1) is 13.2 Å². The van der Waals surface area contributed by atoms with Crippen LogP contribution in [0.2, 0.25) is 0 Å². The summed E-state index contributed by atoms with van der Waals surface area (Å²) in [6, 6.07) is 0. The number of halogens is 3. The lowest BCUT2D eigenvalue weighted by Gasteiger charge is -2.40. The zero-order valence-corrected chi connectivity index (χ0v) is 15.3. The molecule has 0 saturated heterocycles. The highest BCUT2D eigenvalue weighted by Gasteiger charge is 2.43. The van der Waals surface area contributed by atoms with Crippen molar-refractivity contribution in [1.29, 1.82) is 0 Å². The van der Waals surface area contributed by atoms with Crippen molar-refractivity contribution in [1.82, 2.24) is 10.2 Å². The van der Waals surface area contributed by atoms with Crippen molar-refractivity contribution in [3.05, 3.63) is 12.2 Å². The fraction of sp³-hybridized carbons (Fsp3) is 0.824. The molecule has 7 heteroatoms. The third-order valence-electron chi connectivity index (χ3n) is 4.28. The summed E-state index contributed by atoms with van der Waals surface area (Å²) in [6.07, 6.45) is 0.443. The summed E-state index contributed by atoms with van der Waals surface area (Å²) in [7, 11) is 5.72. The maximum absolute atomic E-state index is 12.7. The average molecular weight is 349 g/mol. The number of hydrogen-bond donors (Lipinski definition) is 1. The number of ether oxygens (including phenoxy) is 1. The van der Waals surface area contributed by atoms with Crippen LogP contribution in [0, 0.1) is 5.92 Å². The Bertz CT molecular complexity index is 449. The second-order valence-corrected chi connectivity index (χ2v) is 7.07. The van der Waals surface area contributed by atoms with Crippen LogP contribution >= 0.6 is 0 Å². The summed E-state index contributed by atoms with van der Waals surface area (Å²) < 4.78 is 42.3. The zero-order valence-electron chi connectivity index (χ0n) is 15.3. The van der Waals surface area contributed by atoms with E-state index in [1.165, 1.54) is 6.08 Å². The Hall–Kier alpha value is -1.08. The summed E-state index contributed by atoms with van der Waals surface area (Å²) >= 11 is 0. The summed E-state index contributed by atoms with van der Waals surface area (Å²) in [6.45, 7) is 4.89. The van der Waals surface area contributed by atoms with E-state index in [4.69, 9.17) is 0 Å². The van der Waals surface area contributed by atoms with Crippen LogP contribution in [0.1, 0.15) is 39.5 Å². The highest BCUT2D eigenvalue weighted by molar-refractivity contribution is 5.83. The van der Waals surface area contributed by atoms with Crippen molar-refractivity contribution >= 4 is 5.84 Å². The number of hydrogen-bond acceptors (Lipinski definition) is 3. The fourth-order valence-corrected chi connectivity index (χ4v) is 3.06. The smallest absolute Gasteiger partial charge is 0.366 e. The second kappa shape index (κ2) is 8.85. The van der Waals surface area contributed by atoms with Crippen LogP contribution in [-0.2, 0) is 4.74 Å². The normalized spacial score (nSPS) is 26.7. The number of nitrogens with one attached hydrogen (secondary N) is 1. The predicted octanol–water partition coefficient (Wildman–Crippen LogP) is 3.60. The summed E-state index contributed by atoms with van der Waals surface area (Å²) in [5.41, 5.74) is -0.816. The van der Waals surface area contributed by atoms with Crippen molar-refractivity contribution in [2.45, 2.75) is 57.5 Å². The minimum Gasteiger partial charge on any atom is -0.366 e. The molecule has 0 bridgehead atoms. The van der Waals surface area contributed by atoms with Gasteiger partial charge in [-0.2, -0.15) is 0 Å². The van der Waals surface area contributed by atoms with Crippen LogP contribution in [-0.4, -0.2) is 56.4 Å². The standard InChI is InChI=1S/C17H30F3N3O/c1-13(12-23(4)5)9-10-15(21-3)22-16(2)11-7-6-8-14(16)24-17(18,19)20/h6,8,13-14H,7,9-12H2,1-5H3,(H,21,22). The van der Waals surface area contributed by atoms with Gasteiger partial charge in [0.1, 0.15) is 6.10 Å². The molecule has 1 aliphatic carbocycles. The Kier molecular flexibility index (Phi) is 7.73. The number of nitrogens with zero attached hydrogens (tertiary/aromatic N) is 2. The van der Waals surface area contributed by atoms with E-state index >= 15 is 0 Å². The number of aliphatic imine (C=N–C) groups is 1. The largest absolute Gasteiger partial charge is 0.523 e. The number of alkyl halides is 3. The van der Waals surface area contributed by atoms with E-state index in [9.17, 15) is 13.2 Å². The van der Waals surface area contributed by atoms with Gasteiger partial charge in [-0.3, -0.25) is 9.73 Å². The quantitative estimate of drug-likeness (QED) is 0.433.